The van der Waals surface area contributed by atoms with E-state index in [2.05, 4.69) is 29.2 Å². The third-order valence-electron chi connectivity index (χ3n) is 6.40. The van der Waals surface area contributed by atoms with Gasteiger partial charge in [0.1, 0.15) is 0 Å². The highest BCUT2D eigenvalue weighted by Gasteiger charge is 2.45. The number of primary amides is 1. The second-order valence-corrected chi connectivity index (χ2v) is 8.25. The van der Waals surface area contributed by atoms with Crippen molar-refractivity contribution in [2.45, 2.75) is 38.5 Å². The summed E-state index contributed by atoms with van der Waals surface area (Å²) in [6.07, 6.45) is 9.01. The predicted octanol–water partition coefficient (Wildman–Crippen LogP) is 3.19. The minimum absolute atomic E-state index is 0.142. The van der Waals surface area contributed by atoms with E-state index < -0.39 is 5.41 Å². The molecule has 0 spiro atoms. The molecule has 2 N–H and O–H groups in total. The second kappa shape index (κ2) is 7.74. The number of hydrogen-bond donors (Lipinski definition) is 1. The first-order valence-electron chi connectivity index (χ1n) is 10.2. The molecule has 146 valence electrons. The molecular formula is C23H27N3O2. The minimum Gasteiger partial charge on any atom is -0.369 e. The number of amides is 2. The number of hydrogen-bond acceptors (Lipinski definition) is 3. The van der Waals surface area contributed by atoms with E-state index in [4.69, 9.17) is 5.73 Å². The van der Waals surface area contributed by atoms with Crippen LogP contribution >= 0.6 is 0 Å². The van der Waals surface area contributed by atoms with Crippen molar-refractivity contribution in [1.29, 1.82) is 0 Å². The van der Waals surface area contributed by atoms with Gasteiger partial charge in [-0.1, -0.05) is 37.1 Å². The van der Waals surface area contributed by atoms with Crippen molar-refractivity contribution in [1.82, 2.24) is 9.88 Å². The van der Waals surface area contributed by atoms with Crippen LogP contribution < -0.4 is 5.73 Å². The van der Waals surface area contributed by atoms with Gasteiger partial charge in [0.15, 0.2) is 0 Å². The molecule has 1 aromatic carbocycles. The molecule has 0 bridgehead atoms. The van der Waals surface area contributed by atoms with Crippen molar-refractivity contribution < 1.29 is 9.59 Å². The summed E-state index contributed by atoms with van der Waals surface area (Å²) in [5.74, 6) is 0.0596. The van der Waals surface area contributed by atoms with Gasteiger partial charge in [0.25, 0.3) is 0 Å². The fourth-order valence-electron chi connectivity index (χ4n) is 4.67. The fourth-order valence-corrected chi connectivity index (χ4v) is 4.67. The van der Waals surface area contributed by atoms with Crippen LogP contribution in [0.3, 0.4) is 0 Å². The largest absolute Gasteiger partial charge is 0.369 e. The quantitative estimate of drug-likeness (QED) is 0.869. The van der Waals surface area contributed by atoms with Crippen LogP contribution in [0.25, 0.3) is 11.1 Å². The first kappa shape index (κ1) is 18.7. The average molecular weight is 377 g/mol. The number of benzene rings is 1. The Labute approximate surface area is 165 Å². The maximum Gasteiger partial charge on any atom is 0.225 e. The van der Waals surface area contributed by atoms with Crippen molar-refractivity contribution in [3.63, 3.8) is 0 Å². The summed E-state index contributed by atoms with van der Waals surface area (Å²) in [4.78, 5) is 31.1. The third kappa shape index (κ3) is 3.66. The molecule has 1 saturated carbocycles. The highest BCUT2D eigenvalue weighted by Crippen LogP contribution is 2.37. The second-order valence-electron chi connectivity index (χ2n) is 8.25. The molecular weight excluding hydrogens is 350 g/mol. The summed E-state index contributed by atoms with van der Waals surface area (Å²) in [6, 6.07) is 12.2. The van der Waals surface area contributed by atoms with Gasteiger partial charge in [0.05, 0.1) is 5.41 Å². The van der Waals surface area contributed by atoms with Crippen LogP contribution in [0.5, 0.6) is 0 Å². The van der Waals surface area contributed by atoms with E-state index in [0.29, 0.717) is 25.9 Å². The van der Waals surface area contributed by atoms with Gasteiger partial charge >= 0.3 is 0 Å². The molecule has 2 fully saturated rings. The van der Waals surface area contributed by atoms with E-state index in [1.165, 1.54) is 0 Å². The smallest absolute Gasteiger partial charge is 0.225 e. The molecule has 2 aromatic rings. The average Bonchev–Trinajstić information content (AvgIpc) is 3.40. The summed E-state index contributed by atoms with van der Waals surface area (Å²) in [7, 11) is 0. The molecule has 0 radical (unpaired) electrons. The molecule has 0 unspecified atom stereocenters. The van der Waals surface area contributed by atoms with Gasteiger partial charge in [-0.25, -0.2) is 0 Å². The Hall–Kier alpha value is -2.69. The van der Waals surface area contributed by atoms with Gasteiger partial charge in [0.2, 0.25) is 11.8 Å². The fraction of sp³-hybridized carbons (Fsp3) is 0.435. The lowest BCUT2D eigenvalue weighted by atomic mass is 9.80. The molecule has 2 amide bonds. The number of aromatic nitrogens is 1. The van der Waals surface area contributed by atoms with Gasteiger partial charge in [-0.05, 0) is 54.5 Å². The lowest BCUT2D eigenvalue weighted by Crippen LogP contribution is -2.43. The zero-order valence-electron chi connectivity index (χ0n) is 16.1. The summed E-state index contributed by atoms with van der Waals surface area (Å²) in [6.45, 7) is 1.08. The molecule has 28 heavy (non-hydrogen) atoms. The van der Waals surface area contributed by atoms with Crippen LogP contribution in [0.4, 0.5) is 0 Å². The molecule has 1 saturated heterocycles. The summed E-state index contributed by atoms with van der Waals surface area (Å²) >= 11 is 0. The number of carbonyl (C=O) groups is 2. The number of carbonyl (C=O) groups excluding carboxylic acids is 2. The van der Waals surface area contributed by atoms with E-state index in [0.717, 1.165) is 42.4 Å². The van der Waals surface area contributed by atoms with E-state index in [-0.39, 0.29) is 17.7 Å². The van der Waals surface area contributed by atoms with Gasteiger partial charge in [-0.3, -0.25) is 14.6 Å². The van der Waals surface area contributed by atoms with E-state index in [1.807, 2.05) is 17.0 Å². The number of pyridine rings is 1. The standard InChI is InChI=1S/C23H27N3O2/c24-22(28)23(11-14-26(16-23)21(27)20-3-1-2-4-20)15-17-5-7-18(8-6-17)19-9-12-25-13-10-19/h5-10,12-13,20H,1-4,11,14-16H2,(H2,24,28)/t23-/m1/s1. The van der Waals surface area contributed by atoms with Crippen LogP contribution in [0.1, 0.15) is 37.7 Å². The Kier molecular flexibility index (Phi) is 5.16. The monoisotopic (exact) mass is 377 g/mol. The Bertz CT molecular complexity index is 844. The molecule has 1 aliphatic heterocycles. The highest BCUT2D eigenvalue weighted by molar-refractivity contribution is 5.85. The van der Waals surface area contributed by atoms with Gasteiger partial charge in [0, 0.05) is 31.4 Å². The number of nitrogens with zero attached hydrogens (tertiary/aromatic N) is 2. The predicted molar refractivity (Wildman–Crippen MR) is 108 cm³/mol. The molecule has 2 heterocycles. The molecule has 2 aliphatic rings. The van der Waals surface area contributed by atoms with Crippen LogP contribution in [0.2, 0.25) is 0 Å². The molecule has 1 aromatic heterocycles. The minimum atomic E-state index is -0.660. The molecule has 5 heteroatoms. The van der Waals surface area contributed by atoms with Gasteiger partial charge in [-0.15, -0.1) is 0 Å². The Morgan fingerprint density at radius 1 is 1.04 bits per heavy atom. The Morgan fingerprint density at radius 3 is 2.32 bits per heavy atom. The van der Waals surface area contributed by atoms with Crippen LogP contribution in [-0.2, 0) is 16.0 Å². The summed E-state index contributed by atoms with van der Waals surface area (Å²) in [5.41, 5.74) is 8.47. The highest BCUT2D eigenvalue weighted by atomic mass is 16.2. The SMILES string of the molecule is NC(=O)[C@@]1(Cc2ccc(-c3ccncc3)cc2)CCN(C(=O)C2CCCC2)C1. The number of likely N-dealkylation sites (tertiary alicyclic amines) is 1. The van der Waals surface area contributed by atoms with E-state index >= 15 is 0 Å². The number of nitrogens with two attached hydrogens (primary N) is 1. The maximum atomic E-state index is 12.8. The maximum absolute atomic E-state index is 12.8. The van der Waals surface area contributed by atoms with E-state index in [9.17, 15) is 9.59 Å². The third-order valence-corrected chi connectivity index (χ3v) is 6.40. The molecule has 5 nitrogen and oxygen atoms in total. The lowest BCUT2D eigenvalue weighted by molar-refractivity contribution is -0.135. The topological polar surface area (TPSA) is 76.3 Å². The van der Waals surface area contributed by atoms with E-state index in [1.54, 1.807) is 12.4 Å². The first-order chi connectivity index (χ1) is 13.6. The molecule has 4 rings (SSSR count). The van der Waals surface area contributed by atoms with Crippen molar-refractivity contribution in [2.24, 2.45) is 17.1 Å². The zero-order chi connectivity index (χ0) is 19.6. The van der Waals surface area contributed by atoms with Crippen molar-refractivity contribution in [3.05, 3.63) is 54.4 Å². The first-order valence-corrected chi connectivity index (χ1v) is 10.2. The van der Waals surface area contributed by atoms with Gasteiger partial charge in [-0.2, -0.15) is 0 Å². The Balaban J connectivity index is 1.48. The van der Waals surface area contributed by atoms with Crippen molar-refractivity contribution in [3.8, 4) is 11.1 Å². The molecule has 1 atom stereocenters. The van der Waals surface area contributed by atoms with Crippen LogP contribution in [0, 0.1) is 11.3 Å². The number of rotatable bonds is 5. The van der Waals surface area contributed by atoms with Gasteiger partial charge < -0.3 is 10.6 Å². The Morgan fingerprint density at radius 2 is 1.68 bits per heavy atom. The lowest BCUT2D eigenvalue weighted by Gasteiger charge is -2.27. The van der Waals surface area contributed by atoms with Crippen LogP contribution in [-0.4, -0.2) is 34.8 Å². The van der Waals surface area contributed by atoms with Crippen molar-refractivity contribution >= 4 is 11.8 Å². The normalized spacial score (nSPS) is 22.5. The summed E-state index contributed by atoms with van der Waals surface area (Å²) in [5, 5.41) is 0. The van der Waals surface area contributed by atoms with Crippen molar-refractivity contribution in [2.75, 3.05) is 13.1 Å². The summed E-state index contributed by atoms with van der Waals surface area (Å²) < 4.78 is 0. The van der Waals surface area contributed by atoms with Crippen LogP contribution in [0.15, 0.2) is 48.8 Å². The molecule has 1 aliphatic carbocycles. The zero-order valence-corrected chi connectivity index (χ0v) is 16.1.